The van der Waals surface area contributed by atoms with Gasteiger partial charge in [-0.1, -0.05) is 12.1 Å². The zero-order chi connectivity index (χ0) is 27.7. The molecule has 12 nitrogen and oxygen atoms in total. The van der Waals surface area contributed by atoms with Gasteiger partial charge in [-0.25, -0.2) is 10.2 Å². The van der Waals surface area contributed by atoms with Crippen molar-refractivity contribution in [2.24, 2.45) is 5.10 Å². The van der Waals surface area contributed by atoms with Crippen molar-refractivity contribution in [1.29, 1.82) is 5.26 Å². The molecule has 0 fully saturated rings. The van der Waals surface area contributed by atoms with E-state index in [2.05, 4.69) is 15.8 Å². The molecule has 0 unspecified atom stereocenters. The number of methoxy groups -OCH3 is 1. The van der Waals surface area contributed by atoms with Gasteiger partial charge in [0, 0.05) is 23.4 Å². The fourth-order valence-corrected chi connectivity index (χ4v) is 3.09. The number of amides is 2. The summed E-state index contributed by atoms with van der Waals surface area (Å²) in [5.41, 5.74) is 4.12. The number of carbonyl (C=O) groups is 3. The molecule has 3 rings (SSSR count). The number of benzene rings is 3. The van der Waals surface area contributed by atoms with Crippen LogP contribution in [0.5, 0.6) is 11.5 Å². The Hall–Kier alpha value is -5.57. The van der Waals surface area contributed by atoms with Crippen LogP contribution < -0.4 is 20.2 Å². The first kappa shape index (κ1) is 27.0. The van der Waals surface area contributed by atoms with Gasteiger partial charge in [-0.3, -0.25) is 19.7 Å². The Bertz CT molecular complexity index is 1440. The number of anilines is 1. The molecule has 0 saturated heterocycles. The van der Waals surface area contributed by atoms with Gasteiger partial charge in [0.25, 0.3) is 5.69 Å². The summed E-state index contributed by atoms with van der Waals surface area (Å²) in [6.45, 7) is 1.59. The lowest BCUT2D eigenvalue weighted by atomic mass is 10.1. The molecule has 12 heteroatoms. The van der Waals surface area contributed by atoms with Gasteiger partial charge in [0.1, 0.15) is 0 Å². The largest absolute Gasteiger partial charge is 0.493 e. The molecule has 0 heterocycles. The van der Waals surface area contributed by atoms with Crippen LogP contribution in [0.25, 0.3) is 0 Å². The van der Waals surface area contributed by atoms with Crippen molar-refractivity contribution in [3.8, 4) is 17.6 Å². The molecule has 0 aliphatic heterocycles. The summed E-state index contributed by atoms with van der Waals surface area (Å²) in [6.07, 6.45) is 0.233. The summed E-state index contributed by atoms with van der Waals surface area (Å²) in [5, 5.41) is 25.9. The summed E-state index contributed by atoms with van der Waals surface area (Å²) >= 11 is 0. The maximum atomic E-state index is 12.4. The molecule has 0 atom stereocenters. The molecule has 192 valence electrons. The number of nitrogens with zero attached hydrogens (tertiary/aromatic N) is 3. The molecular formula is C26H21N5O7. The third-order valence-corrected chi connectivity index (χ3v) is 5.12. The van der Waals surface area contributed by atoms with Crippen LogP contribution in [0.15, 0.2) is 71.8 Å². The van der Waals surface area contributed by atoms with Crippen LogP contribution in [0.2, 0.25) is 0 Å². The number of nitro groups is 1. The van der Waals surface area contributed by atoms with Crippen LogP contribution in [0.3, 0.4) is 0 Å². The quantitative estimate of drug-likeness (QED) is 0.115. The topological polar surface area (TPSA) is 173 Å². The number of non-ortho nitro benzene ring substituents is 1. The number of nitrogens with one attached hydrogen (secondary N) is 2. The molecule has 2 N–H and O–H groups in total. The number of nitro benzene ring substituents is 1. The maximum Gasteiger partial charge on any atom is 0.343 e. The van der Waals surface area contributed by atoms with Crippen LogP contribution in [0.4, 0.5) is 11.4 Å². The molecule has 3 aromatic rings. The second-order valence-electron chi connectivity index (χ2n) is 7.68. The number of nitriles is 1. The lowest BCUT2D eigenvalue weighted by Crippen LogP contribution is -2.32. The average molecular weight is 515 g/mol. The number of rotatable bonds is 8. The van der Waals surface area contributed by atoms with Crippen LogP contribution in [-0.2, 0) is 16.0 Å². The Morgan fingerprint density at radius 2 is 1.63 bits per heavy atom. The third kappa shape index (κ3) is 6.98. The normalized spacial score (nSPS) is 10.6. The minimum Gasteiger partial charge on any atom is -0.493 e. The van der Waals surface area contributed by atoms with Crippen molar-refractivity contribution in [3.05, 3.63) is 93.5 Å². The molecule has 0 spiro atoms. The Balaban J connectivity index is 1.63. The third-order valence-electron chi connectivity index (χ3n) is 5.12. The lowest BCUT2D eigenvalue weighted by molar-refractivity contribution is -0.384. The molecule has 2 amide bonds. The summed E-state index contributed by atoms with van der Waals surface area (Å²) in [4.78, 5) is 46.9. The first-order valence-electron chi connectivity index (χ1n) is 11.0. The first-order valence-corrected chi connectivity index (χ1v) is 11.0. The highest BCUT2D eigenvalue weighted by Crippen LogP contribution is 2.29. The molecule has 3 aromatic carbocycles. The fourth-order valence-electron chi connectivity index (χ4n) is 3.09. The van der Waals surface area contributed by atoms with Gasteiger partial charge in [0.15, 0.2) is 11.5 Å². The number of hydrogen-bond acceptors (Lipinski definition) is 9. The average Bonchev–Trinajstić information content (AvgIpc) is 2.92. The van der Waals surface area contributed by atoms with Crippen LogP contribution in [0.1, 0.15) is 28.4 Å². The van der Waals surface area contributed by atoms with Gasteiger partial charge in [0.05, 0.1) is 35.8 Å². The molecule has 0 radical (unpaired) electrons. The lowest BCUT2D eigenvalue weighted by Gasteiger charge is -2.11. The Morgan fingerprint density at radius 3 is 2.24 bits per heavy atom. The van der Waals surface area contributed by atoms with Crippen LogP contribution in [-0.4, -0.2) is 35.5 Å². The van der Waals surface area contributed by atoms with E-state index in [1.54, 1.807) is 37.3 Å². The van der Waals surface area contributed by atoms with E-state index in [9.17, 15) is 24.5 Å². The van der Waals surface area contributed by atoms with Crippen molar-refractivity contribution in [2.45, 2.75) is 13.3 Å². The van der Waals surface area contributed by atoms with Gasteiger partial charge in [-0.05, 0) is 55.0 Å². The smallest absolute Gasteiger partial charge is 0.343 e. The molecule has 0 aromatic heterocycles. The number of ether oxygens (including phenoxy) is 2. The Kier molecular flexibility index (Phi) is 8.82. The number of hydrogen-bond donors (Lipinski definition) is 2. The van der Waals surface area contributed by atoms with E-state index in [1.807, 2.05) is 6.07 Å². The van der Waals surface area contributed by atoms with Crippen molar-refractivity contribution < 1.29 is 28.8 Å². The summed E-state index contributed by atoms with van der Waals surface area (Å²) in [6, 6.07) is 18.0. The highest BCUT2D eigenvalue weighted by Gasteiger charge is 2.16. The second kappa shape index (κ2) is 12.4. The molecule has 0 saturated carbocycles. The number of carbonyl (C=O) groups excluding carboxylic acids is 3. The zero-order valence-corrected chi connectivity index (χ0v) is 20.3. The summed E-state index contributed by atoms with van der Waals surface area (Å²) < 4.78 is 10.6. The first-order chi connectivity index (χ1) is 18.2. The standard InChI is InChI=1S/C26H21N5O7/c1-16(29-30-25(33)24(32)28-20-8-3-17(4-9-20)13-14-27)19-7-12-22(23(15-19)37-2)38-26(34)18-5-10-21(11-6-18)31(35)36/h3-12,15H,13H2,1-2H3,(H,28,32)(H,30,33)/b29-16+. The molecule has 0 bridgehead atoms. The van der Waals surface area contributed by atoms with Gasteiger partial charge in [-0.15, -0.1) is 0 Å². The van der Waals surface area contributed by atoms with Gasteiger partial charge in [-0.2, -0.15) is 10.4 Å². The Labute approximate surface area is 216 Å². The maximum absolute atomic E-state index is 12.4. The molecule has 0 aliphatic rings. The van der Waals surface area contributed by atoms with Crippen LogP contribution in [0, 0.1) is 21.4 Å². The minimum atomic E-state index is -0.994. The van der Waals surface area contributed by atoms with Gasteiger partial charge >= 0.3 is 17.8 Å². The molecular weight excluding hydrogens is 494 g/mol. The van der Waals surface area contributed by atoms with Crippen molar-refractivity contribution in [1.82, 2.24) is 5.43 Å². The van der Waals surface area contributed by atoms with E-state index >= 15 is 0 Å². The Morgan fingerprint density at radius 1 is 0.974 bits per heavy atom. The highest BCUT2D eigenvalue weighted by molar-refractivity contribution is 6.39. The SMILES string of the molecule is COc1cc(/C(C)=N/NC(=O)C(=O)Nc2ccc(CC#N)cc2)ccc1OC(=O)c1ccc([N+](=O)[O-])cc1. The molecule has 38 heavy (non-hydrogen) atoms. The van der Waals surface area contributed by atoms with E-state index in [4.69, 9.17) is 14.7 Å². The highest BCUT2D eigenvalue weighted by atomic mass is 16.6. The zero-order valence-electron chi connectivity index (χ0n) is 20.3. The van der Waals surface area contributed by atoms with Crippen molar-refractivity contribution >= 4 is 34.9 Å². The van der Waals surface area contributed by atoms with Crippen molar-refractivity contribution in [3.63, 3.8) is 0 Å². The van der Waals surface area contributed by atoms with E-state index in [1.165, 1.54) is 43.5 Å². The fraction of sp³-hybridized carbons (Fsp3) is 0.115. The van der Waals surface area contributed by atoms with Gasteiger partial charge in [0.2, 0.25) is 0 Å². The number of hydrazone groups is 1. The second-order valence-corrected chi connectivity index (χ2v) is 7.68. The monoisotopic (exact) mass is 515 g/mol. The predicted octanol–water partition coefficient (Wildman–Crippen LogP) is 3.37. The van der Waals surface area contributed by atoms with Gasteiger partial charge < -0.3 is 14.8 Å². The van der Waals surface area contributed by atoms with E-state index < -0.39 is 22.7 Å². The summed E-state index contributed by atoms with van der Waals surface area (Å²) in [7, 11) is 1.37. The van der Waals surface area contributed by atoms with E-state index in [0.717, 1.165) is 5.56 Å². The minimum absolute atomic E-state index is 0.0941. The predicted molar refractivity (Wildman–Crippen MR) is 136 cm³/mol. The van der Waals surface area contributed by atoms with E-state index in [0.29, 0.717) is 17.0 Å². The summed E-state index contributed by atoms with van der Waals surface area (Å²) in [5.74, 6) is -2.38. The van der Waals surface area contributed by atoms with Crippen molar-refractivity contribution in [2.75, 3.05) is 12.4 Å². The van der Waals surface area contributed by atoms with E-state index in [-0.39, 0.29) is 29.2 Å². The van der Waals surface area contributed by atoms with Crippen LogP contribution >= 0.6 is 0 Å². The number of esters is 1. The molecule has 0 aliphatic carbocycles.